The monoisotopic (exact) mass is 480 g/mol. The Labute approximate surface area is 201 Å². The summed E-state index contributed by atoms with van der Waals surface area (Å²) in [7, 11) is 0. The number of nitrogens with zero attached hydrogens (tertiary/aromatic N) is 5. The minimum Gasteiger partial charge on any atom is -0.474 e. The SMILES string of the molecule is C[C@@H]1COCCN1c1ccc(Nc2ncc(F)c(Nc3ccc4c(n3)NC(=O)C(C)(C)O4)n2)cn1. The quantitative estimate of drug-likeness (QED) is 0.501. The van der Waals surface area contributed by atoms with Gasteiger partial charge >= 0.3 is 0 Å². The van der Waals surface area contributed by atoms with Gasteiger partial charge in [0.15, 0.2) is 28.8 Å². The second kappa shape index (κ2) is 8.95. The zero-order valence-electron chi connectivity index (χ0n) is 19.5. The molecule has 0 saturated carbocycles. The van der Waals surface area contributed by atoms with Crippen molar-refractivity contribution in [3.05, 3.63) is 42.5 Å². The van der Waals surface area contributed by atoms with Crippen LogP contribution in [0, 0.1) is 5.82 Å². The lowest BCUT2D eigenvalue weighted by molar-refractivity contribution is -0.129. The largest absolute Gasteiger partial charge is 0.474 e. The Morgan fingerprint density at radius 3 is 2.77 bits per heavy atom. The molecule has 2 aliphatic rings. The van der Waals surface area contributed by atoms with Crippen LogP contribution in [-0.2, 0) is 9.53 Å². The highest BCUT2D eigenvalue weighted by Gasteiger charge is 2.36. The Hall–Kier alpha value is -4.06. The minimum atomic E-state index is -1.00. The van der Waals surface area contributed by atoms with Crippen LogP contribution in [0.4, 0.5) is 39.3 Å². The smallest absolute Gasteiger partial charge is 0.269 e. The third-order valence-electron chi connectivity index (χ3n) is 5.66. The fraction of sp³-hybridized carbons (Fsp3) is 0.348. The van der Waals surface area contributed by atoms with E-state index in [-0.39, 0.29) is 35.4 Å². The topological polar surface area (TPSA) is 126 Å². The van der Waals surface area contributed by atoms with E-state index in [1.807, 2.05) is 12.1 Å². The van der Waals surface area contributed by atoms with E-state index in [4.69, 9.17) is 9.47 Å². The van der Waals surface area contributed by atoms with E-state index in [1.165, 1.54) is 0 Å². The van der Waals surface area contributed by atoms with E-state index in [1.54, 1.807) is 32.2 Å². The lowest BCUT2D eigenvalue weighted by atomic mass is 10.1. The number of amides is 1. The molecule has 3 aromatic heterocycles. The number of rotatable bonds is 5. The first kappa shape index (κ1) is 22.7. The Kier molecular flexibility index (Phi) is 5.81. The molecule has 12 heteroatoms. The van der Waals surface area contributed by atoms with Gasteiger partial charge in [0.25, 0.3) is 5.91 Å². The van der Waals surface area contributed by atoms with E-state index in [0.717, 1.165) is 18.6 Å². The maximum atomic E-state index is 14.4. The van der Waals surface area contributed by atoms with Crippen molar-refractivity contribution in [2.75, 3.05) is 40.6 Å². The van der Waals surface area contributed by atoms with E-state index in [2.05, 4.69) is 47.7 Å². The summed E-state index contributed by atoms with van der Waals surface area (Å²) in [6, 6.07) is 7.26. The van der Waals surface area contributed by atoms with Crippen molar-refractivity contribution in [2.24, 2.45) is 0 Å². The van der Waals surface area contributed by atoms with E-state index in [0.29, 0.717) is 24.7 Å². The molecular weight excluding hydrogens is 455 g/mol. The summed E-state index contributed by atoms with van der Waals surface area (Å²) >= 11 is 0. The van der Waals surface area contributed by atoms with Gasteiger partial charge in [-0.2, -0.15) is 4.98 Å². The Morgan fingerprint density at radius 2 is 2.00 bits per heavy atom. The number of hydrogen-bond acceptors (Lipinski definition) is 10. The van der Waals surface area contributed by atoms with Gasteiger partial charge in [-0.05, 0) is 45.0 Å². The number of halogens is 1. The van der Waals surface area contributed by atoms with E-state index < -0.39 is 11.4 Å². The van der Waals surface area contributed by atoms with Crippen LogP contribution in [0.1, 0.15) is 20.8 Å². The van der Waals surface area contributed by atoms with E-state index >= 15 is 0 Å². The van der Waals surface area contributed by atoms with Gasteiger partial charge in [0.2, 0.25) is 5.95 Å². The van der Waals surface area contributed by atoms with Gasteiger partial charge in [-0.15, -0.1) is 0 Å². The summed E-state index contributed by atoms with van der Waals surface area (Å²) in [4.78, 5) is 31.4. The highest BCUT2D eigenvalue weighted by molar-refractivity contribution is 5.99. The molecule has 3 N–H and O–H groups in total. The van der Waals surface area contributed by atoms with Crippen molar-refractivity contribution >= 4 is 40.8 Å². The van der Waals surface area contributed by atoms with Gasteiger partial charge in [0, 0.05) is 6.54 Å². The Bertz CT molecular complexity index is 1250. The minimum absolute atomic E-state index is 0.0787. The molecule has 3 aromatic rings. The maximum Gasteiger partial charge on any atom is 0.269 e. The van der Waals surface area contributed by atoms with Gasteiger partial charge in [0.05, 0.1) is 37.3 Å². The molecule has 5 rings (SSSR count). The molecule has 0 aliphatic carbocycles. The fourth-order valence-electron chi connectivity index (χ4n) is 3.73. The molecule has 1 saturated heterocycles. The molecule has 0 aromatic carbocycles. The van der Waals surface area contributed by atoms with Crippen LogP contribution >= 0.6 is 0 Å². The van der Waals surface area contributed by atoms with Crippen LogP contribution in [0.15, 0.2) is 36.7 Å². The Morgan fingerprint density at radius 1 is 1.14 bits per heavy atom. The number of anilines is 6. The highest BCUT2D eigenvalue weighted by atomic mass is 19.1. The van der Waals surface area contributed by atoms with Crippen LogP contribution in [0.25, 0.3) is 0 Å². The number of fused-ring (bicyclic) bond motifs is 1. The highest BCUT2D eigenvalue weighted by Crippen LogP contribution is 2.33. The molecule has 0 unspecified atom stereocenters. The van der Waals surface area contributed by atoms with Crippen molar-refractivity contribution in [1.82, 2.24) is 19.9 Å². The summed E-state index contributed by atoms with van der Waals surface area (Å²) in [5.74, 6) is 0.919. The summed E-state index contributed by atoms with van der Waals surface area (Å²) < 4.78 is 25.6. The number of ether oxygens (including phenoxy) is 2. The summed E-state index contributed by atoms with van der Waals surface area (Å²) in [6.07, 6.45) is 2.73. The van der Waals surface area contributed by atoms with Crippen molar-refractivity contribution in [3.8, 4) is 5.75 Å². The van der Waals surface area contributed by atoms with Crippen LogP contribution in [-0.4, -0.2) is 57.2 Å². The summed E-state index contributed by atoms with van der Waals surface area (Å²) in [5, 5.41) is 8.55. The number of hydrogen-bond donors (Lipinski definition) is 3. The average Bonchev–Trinajstić information content (AvgIpc) is 2.83. The summed E-state index contributed by atoms with van der Waals surface area (Å²) in [5.41, 5.74) is -0.349. The normalized spacial score (nSPS) is 18.8. The molecule has 2 aliphatic heterocycles. The van der Waals surface area contributed by atoms with Crippen molar-refractivity contribution in [2.45, 2.75) is 32.4 Å². The number of morpholine rings is 1. The molecule has 182 valence electrons. The predicted octanol–water partition coefficient (Wildman–Crippen LogP) is 3.23. The number of pyridine rings is 2. The Balaban J connectivity index is 1.30. The first-order valence-electron chi connectivity index (χ1n) is 11.2. The van der Waals surface area contributed by atoms with Crippen molar-refractivity contribution < 1.29 is 18.7 Å². The zero-order valence-corrected chi connectivity index (χ0v) is 19.5. The lowest BCUT2D eigenvalue weighted by Gasteiger charge is -2.34. The summed E-state index contributed by atoms with van der Waals surface area (Å²) in [6.45, 7) is 7.52. The first-order valence-corrected chi connectivity index (χ1v) is 11.2. The molecular formula is C23H25FN8O3. The molecule has 0 bridgehead atoms. The van der Waals surface area contributed by atoms with Crippen LogP contribution in [0.2, 0.25) is 0 Å². The van der Waals surface area contributed by atoms with Crippen LogP contribution in [0.5, 0.6) is 5.75 Å². The van der Waals surface area contributed by atoms with Crippen molar-refractivity contribution in [3.63, 3.8) is 0 Å². The van der Waals surface area contributed by atoms with Gasteiger partial charge in [0.1, 0.15) is 11.6 Å². The molecule has 1 fully saturated rings. The van der Waals surface area contributed by atoms with Gasteiger partial charge < -0.3 is 30.3 Å². The van der Waals surface area contributed by atoms with Crippen LogP contribution in [0.3, 0.4) is 0 Å². The molecule has 1 atom stereocenters. The zero-order chi connectivity index (χ0) is 24.6. The van der Waals surface area contributed by atoms with Crippen molar-refractivity contribution in [1.29, 1.82) is 0 Å². The first-order chi connectivity index (χ1) is 16.8. The molecule has 35 heavy (non-hydrogen) atoms. The number of nitrogens with one attached hydrogen (secondary N) is 3. The second-order valence-corrected chi connectivity index (χ2v) is 8.77. The standard InChI is InChI=1S/C23H25FN8O3/c1-13-12-34-9-8-32(13)18-7-4-14(10-25-18)27-22-26-11-15(24)19(31-22)28-17-6-5-16-20(29-17)30-21(33)23(2,3)35-16/h4-7,10-11,13H,8-9,12H2,1-3H3,(H3,26,27,28,29,30,31,33)/t13-/m1/s1. The third kappa shape index (κ3) is 4.78. The fourth-order valence-corrected chi connectivity index (χ4v) is 3.73. The molecule has 0 spiro atoms. The molecule has 1 amide bonds. The number of carbonyl (C=O) groups is 1. The lowest BCUT2D eigenvalue weighted by Crippen LogP contribution is -2.46. The predicted molar refractivity (Wildman–Crippen MR) is 128 cm³/mol. The molecule has 5 heterocycles. The molecule has 11 nitrogen and oxygen atoms in total. The number of carbonyl (C=O) groups excluding carboxylic acids is 1. The molecule has 0 radical (unpaired) electrons. The van der Waals surface area contributed by atoms with Gasteiger partial charge in [-0.3, -0.25) is 4.79 Å². The average molecular weight is 481 g/mol. The van der Waals surface area contributed by atoms with Gasteiger partial charge in [-0.1, -0.05) is 0 Å². The third-order valence-corrected chi connectivity index (χ3v) is 5.66. The second-order valence-electron chi connectivity index (χ2n) is 8.77. The number of aromatic nitrogens is 4. The van der Waals surface area contributed by atoms with E-state index in [9.17, 15) is 9.18 Å². The van der Waals surface area contributed by atoms with Crippen LogP contribution < -0.4 is 25.6 Å². The maximum absolute atomic E-state index is 14.4. The van der Waals surface area contributed by atoms with Gasteiger partial charge in [-0.25, -0.2) is 19.3 Å².